The number of hydrogen-bond acceptors (Lipinski definition) is 6. The number of methoxy groups -OCH3 is 1. The largest absolute Gasteiger partial charge is 0.467 e. The summed E-state index contributed by atoms with van der Waals surface area (Å²) < 4.78 is 10.6. The Kier molecular flexibility index (Phi) is 9.14. The molecule has 0 aliphatic heterocycles. The van der Waals surface area contributed by atoms with Gasteiger partial charge in [-0.15, -0.1) is 0 Å². The molecule has 0 bridgehead atoms. The first-order chi connectivity index (χ1) is 16.9. The maximum atomic E-state index is 13.4. The van der Waals surface area contributed by atoms with Gasteiger partial charge in [0.2, 0.25) is 5.91 Å². The van der Waals surface area contributed by atoms with E-state index in [1.807, 2.05) is 30.3 Å². The van der Waals surface area contributed by atoms with Gasteiger partial charge in [-0.25, -0.2) is 0 Å². The quantitative estimate of drug-likeness (QED) is 0.219. The number of rotatable bonds is 12. The van der Waals surface area contributed by atoms with E-state index in [1.54, 1.807) is 49.5 Å². The molecule has 9 heteroatoms. The summed E-state index contributed by atoms with van der Waals surface area (Å²) in [5.74, 6) is -0.0893. The number of furan rings is 1. The lowest BCUT2D eigenvalue weighted by Crippen LogP contribution is -2.43. The molecule has 0 aliphatic rings. The minimum absolute atomic E-state index is 0.137. The third kappa shape index (κ3) is 7.25. The van der Waals surface area contributed by atoms with Gasteiger partial charge in [0.25, 0.3) is 11.6 Å². The number of ether oxygens (including phenoxy) is 1. The van der Waals surface area contributed by atoms with E-state index >= 15 is 0 Å². The van der Waals surface area contributed by atoms with Gasteiger partial charge < -0.3 is 19.0 Å². The van der Waals surface area contributed by atoms with Crippen molar-refractivity contribution in [2.24, 2.45) is 0 Å². The van der Waals surface area contributed by atoms with Crippen LogP contribution in [-0.4, -0.2) is 53.3 Å². The van der Waals surface area contributed by atoms with Gasteiger partial charge in [-0.2, -0.15) is 0 Å². The predicted octanol–water partition coefficient (Wildman–Crippen LogP) is 4.20. The van der Waals surface area contributed by atoms with Crippen LogP contribution < -0.4 is 0 Å². The molecule has 2 aromatic carbocycles. The second kappa shape index (κ2) is 12.5. The fourth-order valence-electron chi connectivity index (χ4n) is 3.66. The summed E-state index contributed by atoms with van der Waals surface area (Å²) >= 11 is 0. The second-order valence-electron chi connectivity index (χ2n) is 8.15. The first-order valence-corrected chi connectivity index (χ1v) is 11.3. The number of nitro groups is 1. The number of benzene rings is 2. The zero-order chi connectivity index (χ0) is 25.2. The Labute approximate surface area is 204 Å². The molecular weight excluding hydrogens is 450 g/mol. The summed E-state index contributed by atoms with van der Waals surface area (Å²) in [6, 6.07) is 17.4. The van der Waals surface area contributed by atoms with Crippen LogP contribution in [0.1, 0.15) is 33.7 Å². The van der Waals surface area contributed by atoms with Crippen molar-refractivity contribution in [3.05, 3.63) is 99.5 Å². The molecular formula is C26H29N3O6. The smallest absolute Gasteiger partial charge is 0.273 e. The molecule has 0 fully saturated rings. The van der Waals surface area contributed by atoms with Gasteiger partial charge in [0.1, 0.15) is 12.3 Å². The Morgan fingerprint density at radius 1 is 1.03 bits per heavy atom. The van der Waals surface area contributed by atoms with Crippen LogP contribution in [0, 0.1) is 17.0 Å². The highest BCUT2D eigenvalue weighted by Gasteiger charge is 2.25. The van der Waals surface area contributed by atoms with E-state index in [1.165, 1.54) is 11.0 Å². The molecule has 35 heavy (non-hydrogen) atoms. The number of aryl methyl sites for hydroxylation is 1. The van der Waals surface area contributed by atoms with Crippen molar-refractivity contribution in [3.63, 3.8) is 0 Å². The summed E-state index contributed by atoms with van der Waals surface area (Å²) in [7, 11) is 1.56. The molecule has 3 rings (SSSR count). The summed E-state index contributed by atoms with van der Waals surface area (Å²) in [6.07, 6.45) is 2.06. The first-order valence-electron chi connectivity index (χ1n) is 11.3. The normalized spacial score (nSPS) is 10.7. The molecule has 1 aromatic heterocycles. The Balaban J connectivity index is 1.83. The zero-order valence-corrected chi connectivity index (χ0v) is 19.9. The van der Waals surface area contributed by atoms with Gasteiger partial charge in [0, 0.05) is 44.0 Å². The van der Waals surface area contributed by atoms with E-state index in [9.17, 15) is 19.7 Å². The van der Waals surface area contributed by atoms with Crippen LogP contribution >= 0.6 is 0 Å². The number of hydrogen-bond donors (Lipinski definition) is 0. The number of carbonyl (C=O) groups is 2. The van der Waals surface area contributed by atoms with Crippen molar-refractivity contribution < 1.29 is 23.7 Å². The predicted molar refractivity (Wildman–Crippen MR) is 130 cm³/mol. The van der Waals surface area contributed by atoms with E-state index in [0.29, 0.717) is 30.9 Å². The minimum atomic E-state index is -0.516. The fourth-order valence-corrected chi connectivity index (χ4v) is 3.66. The van der Waals surface area contributed by atoms with E-state index < -0.39 is 10.8 Å². The zero-order valence-electron chi connectivity index (χ0n) is 19.9. The third-order valence-electron chi connectivity index (χ3n) is 5.54. The molecule has 9 nitrogen and oxygen atoms in total. The van der Waals surface area contributed by atoms with E-state index in [-0.39, 0.29) is 36.8 Å². The average molecular weight is 480 g/mol. The Hall–Kier alpha value is -3.98. The molecule has 0 N–H and O–H groups in total. The van der Waals surface area contributed by atoms with Crippen molar-refractivity contribution in [2.75, 3.05) is 26.8 Å². The lowest BCUT2D eigenvalue weighted by atomic mass is 10.1. The van der Waals surface area contributed by atoms with Gasteiger partial charge in [-0.1, -0.05) is 36.4 Å². The van der Waals surface area contributed by atoms with E-state index in [0.717, 1.165) is 5.56 Å². The van der Waals surface area contributed by atoms with Crippen molar-refractivity contribution in [1.82, 2.24) is 9.80 Å². The SMILES string of the molecule is COCCCN(CC(=O)N(Cc1ccccc1)Cc1ccco1)C(=O)c1ccc(C)c([N+](=O)[O-])c1. The number of carbonyl (C=O) groups excluding carboxylic acids is 2. The Bertz CT molecular complexity index is 1130. The molecule has 0 spiro atoms. The van der Waals surface area contributed by atoms with Gasteiger partial charge in [-0.05, 0) is 37.1 Å². The lowest BCUT2D eigenvalue weighted by Gasteiger charge is -2.27. The van der Waals surface area contributed by atoms with Crippen LogP contribution in [0.2, 0.25) is 0 Å². The van der Waals surface area contributed by atoms with Crippen molar-refractivity contribution >= 4 is 17.5 Å². The van der Waals surface area contributed by atoms with Crippen LogP contribution in [0.3, 0.4) is 0 Å². The molecule has 184 valence electrons. The fraction of sp³-hybridized carbons (Fsp3) is 0.308. The molecule has 0 radical (unpaired) electrons. The summed E-state index contributed by atoms with van der Waals surface area (Å²) in [6.45, 7) is 2.69. The second-order valence-corrected chi connectivity index (χ2v) is 8.15. The maximum absolute atomic E-state index is 13.4. The summed E-state index contributed by atoms with van der Waals surface area (Å²) in [5.41, 5.74) is 1.43. The Morgan fingerprint density at radius 2 is 1.80 bits per heavy atom. The van der Waals surface area contributed by atoms with Crippen LogP contribution in [-0.2, 0) is 22.6 Å². The van der Waals surface area contributed by atoms with Gasteiger partial charge >= 0.3 is 0 Å². The molecule has 0 aliphatic carbocycles. The standard InChI is InChI=1S/C26H29N3O6/c1-20-11-12-22(16-24(20)29(32)33)26(31)27(13-7-14-34-2)19-25(30)28(18-23-10-6-15-35-23)17-21-8-4-3-5-9-21/h3-6,8-12,15-16H,7,13-14,17-19H2,1-2H3. The first kappa shape index (κ1) is 25.6. The molecule has 1 heterocycles. The summed E-state index contributed by atoms with van der Waals surface area (Å²) in [5, 5.41) is 11.4. The van der Waals surface area contributed by atoms with Crippen molar-refractivity contribution in [3.8, 4) is 0 Å². The van der Waals surface area contributed by atoms with E-state index in [2.05, 4.69) is 0 Å². The monoisotopic (exact) mass is 479 g/mol. The van der Waals surface area contributed by atoms with E-state index in [4.69, 9.17) is 9.15 Å². The number of nitro benzene ring substituents is 1. The maximum Gasteiger partial charge on any atom is 0.273 e. The lowest BCUT2D eigenvalue weighted by molar-refractivity contribution is -0.385. The highest BCUT2D eigenvalue weighted by Crippen LogP contribution is 2.21. The topological polar surface area (TPSA) is 106 Å². The molecule has 0 atom stereocenters. The van der Waals surface area contributed by atoms with Crippen LogP contribution in [0.15, 0.2) is 71.3 Å². The number of amides is 2. The average Bonchev–Trinajstić information content (AvgIpc) is 3.36. The van der Waals surface area contributed by atoms with Crippen molar-refractivity contribution in [1.29, 1.82) is 0 Å². The van der Waals surface area contributed by atoms with Gasteiger partial charge in [0.05, 0.1) is 17.7 Å². The molecule has 0 unspecified atom stereocenters. The van der Waals surface area contributed by atoms with Crippen LogP contribution in [0.25, 0.3) is 0 Å². The van der Waals surface area contributed by atoms with Crippen LogP contribution in [0.4, 0.5) is 5.69 Å². The van der Waals surface area contributed by atoms with Gasteiger partial charge in [-0.3, -0.25) is 19.7 Å². The summed E-state index contributed by atoms with van der Waals surface area (Å²) in [4.78, 5) is 40.7. The molecule has 3 aromatic rings. The van der Waals surface area contributed by atoms with Crippen LogP contribution in [0.5, 0.6) is 0 Å². The van der Waals surface area contributed by atoms with Gasteiger partial charge in [0.15, 0.2) is 0 Å². The number of nitrogens with zero attached hydrogens (tertiary/aromatic N) is 3. The highest BCUT2D eigenvalue weighted by atomic mass is 16.6. The Morgan fingerprint density at radius 3 is 2.46 bits per heavy atom. The van der Waals surface area contributed by atoms with Crippen molar-refractivity contribution in [2.45, 2.75) is 26.4 Å². The third-order valence-corrected chi connectivity index (χ3v) is 5.54. The molecule has 2 amide bonds. The molecule has 0 saturated heterocycles. The molecule has 0 saturated carbocycles. The highest BCUT2D eigenvalue weighted by molar-refractivity contribution is 5.97. The minimum Gasteiger partial charge on any atom is -0.467 e.